The minimum Gasteiger partial charge on any atom is -0.369 e. The summed E-state index contributed by atoms with van der Waals surface area (Å²) < 4.78 is 3.16. The van der Waals surface area contributed by atoms with Gasteiger partial charge in [-0.25, -0.2) is 4.68 Å². The second-order valence-electron chi connectivity index (χ2n) is 5.13. The first-order valence-electron chi connectivity index (χ1n) is 6.61. The summed E-state index contributed by atoms with van der Waals surface area (Å²) >= 11 is 3.67. The van der Waals surface area contributed by atoms with Crippen LogP contribution in [0.2, 0.25) is 0 Å². The molecule has 3 rings (SSSR count). The summed E-state index contributed by atoms with van der Waals surface area (Å²) in [7, 11) is 0. The van der Waals surface area contributed by atoms with Crippen molar-refractivity contribution in [2.45, 2.75) is 32.2 Å². The first-order valence-corrected chi connectivity index (χ1v) is 7.40. The molecule has 1 atom stereocenters. The number of nitrogens with zero attached hydrogens (tertiary/aromatic N) is 3. The van der Waals surface area contributed by atoms with Crippen molar-refractivity contribution in [2.24, 2.45) is 0 Å². The predicted octanol–water partition coefficient (Wildman–Crippen LogP) is 3.57. The van der Waals surface area contributed by atoms with Crippen LogP contribution >= 0.6 is 15.9 Å². The Morgan fingerprint density at radius 1 is 1.42 bits per heavy atom. The van der Waals surface area contributed by atoms with Crippen LogP contribution in [0.3, 0.4) is 0 Å². The van der Waals surface area contributed by atoms with Crippen LogP contribution in [0.4, 0.5) is 5.82 Å². The molecule has 1 unspecified atom stereocenters. The smallest absolute Gasteiger partial charge is 0.139 e. The summed E-state index contributed by atoms with van der Waals surface area (Å²) in [5.41, 5.74) is 2.18. The van der Waals surface area contributed by atoms with Gasteiger partial charge in [0.05, 0.1) is 21.9 Å². The third kappa shape index (κ3) is 2.16. The number of halogens is 1. The minimum absolute atomic E-state index is 0.223. The Hall–Kier alpha value is -1.36. The molecule has 100 valence electrons. The molecule has 0 fully saturated rings. The molecule has 5 heteroatoms. The first kappa shape index (κ1) is 12.7. The zero-order valence-corrected chi connectivity index (χ0v) is 12.7. The van der Waals surface area contributed by atoms with Gasteiger partial charge in [-0.2, -0.15) is 5.10 Å². The van der Waals surface area contributed by atoms with E-state index in [1.165, 1.54) is 0 Å². The fourth-order valence-electron chi connectivity index (χ4n) is 2.48. The summed E-state index contributed by atoms with van der Waals surface area (Å²) in [6, 6.07) is 6.28. The molecule has 0 aliphatic carbocycles. The SMILES string of the molecule is CC(C)c1nn2c(c1Br)NCCC2c1ccccn1. The molecule has 0 bridgehead atoms. The molecule has 0 spiro atoms. The minimum atomic E-state index is 0.223. The van der Waals surface area contributed by atoms with Gasteiger partial charge in [0, 0.05) is 12.7 Å². The quantitative estimate of drug-likeness (QED) is 0.919. The van der Waals surface area contributed by atoms with Crippen LogP contribution in [0.25, 0.3) is 0 Å². The van der Waals surface area contributed by atoms with E-state index in [0.717, 1.165) is 34.6 Å². The van der Waals surface area contributed by atoms with Gasteiger partial charge in [0.25, 0.3) is 0 Å². The number of pyridine rings is 1. The Morgan fingerprint density at radius 2 is 2.26 bits per heavy atom. The van der Waals surface area contributed by atoms with E-state index >= 15 is 0 Å². The van der Waals surface area contributed by atoms with Crippen molar-refractivity contribution in [1.82, 2.24) is 14.8 Å². The van der Waals surface area contributed by atoms with Crippen LogP contribution in [0.15, 0.2) is 28.9 Å². The van der Waals surface area contributed by atoms with Crippen LogP contribution in [0.1, 0.15) is 43.6 Å². The highest BCUT2D eigenvalue weighted by molar-refractivity contribution is 9.10. The van der Waals surface area contributed by atoms with E-state index < -0.39 is 0 Å². The van der Waals surface area contributed by atoms with Gasteiger partial charge < -0.3 is 5.32 Å². The summed E-state index contributed by atoms with van der Waals surface area (Å²) in [6.07, 6.45) is 2.86. The molecule has 4 nitrogen and oxygen atoms in total. The molecule has 0 aromatic carbocycles. The number of hydrogen-bond donors (Lipinski definition) is 1. The van der Waals surface area contributed by atoms with Gasteiger partial charge in [0.15, 0.2) is 0 Å². The lowest BCUT2D eigenvalue weighted by Gasteiger charge is -2.25. The van der Waals surface area contributed by atoms with E-state index in [4.69, 9.17) is 5.10 Å². The number of rotatable bonds is 2. The average molecular weight is 321 g/mol. The monoisotopic (exact) mass is 320 g/mol. The Kier molecular flexibility index (Phi) is 3.31. The molecule has 2 aromatic rings. The van der Waals surface area contributed by atoms with Crippen molar-refractivity contribution in [3.63, 3.8) is 0 Å². The van der Waals surface area contributed by atoms with Gasteiger partial charge in [-0.15, -0.1) is 0 Å². The fraction of sp³-hybridized carbons (Fsp3) is 0.429. The molecule has 0 saturated carbocycles. The van der Waals surface area contributed by atoms with Crippen molar-refractivity contribution >= 4 is 21.7 Å². The lowest BCUT2D eigenvalue weighted by Crippen LogP contribution is -2.25. The maximum absolute atomic E-state index is 4.77. The maximum Gasteiger partial charge on any atom is 0.139 e. The van der Waals surface area contributed by atoms with Gasteiger partial charge >= 0.3 is 0 Å². The highest BCUT2D eigenvalue weighted by Crippen LogP contribution is 2.37. The van der Waals surface area contributed by atoms with Crippen molar-refractivity contribution in [1.29, 1.82) is 0 Å². The zero-order valence-electron chi connectivity index (χ0n) is 11.1. The Balaban J connectivity index is 2.08. The third-order valence-corrected chi connectivity index (χ3v) is 4.24. The van der Waals surface area contributed by atoms with Gasteiger partial charge in [-0.05, 0) is 40.4 Å². The topological polar surface area (TPSA) is 42.7 Å². The van der Waals surface area contributed by atoms with Gasteiger partial charge in [0.1, 0.15) is 5.82 Å². The number of fused-ring (bicyclic) bond motifs is 1. The highest BCUT2D eigenvalue weighted by atomic mass is 79.9. The van der Waals surface area contributed by atoms with Crippen LogP contribution < -0.4 is 5.32 Å². The van der Waals surface area contributed by atoms with Crippen molar-refractivity contribution in [2.75, 3.05) is 11.9 Å². The normalized spacial score (nSPS) is 18.2. The van der Waals surface area contributed by atoms with E-state index in [9.17, 15) is 0 Å². The Morgan fingerprint density at radius 3 is 2.95 bits per heavy atom. The van der Waals surface area contributed by atoms with Gasteiger partial charge in [0.2, 0.25) is 0 Å². The standard InChI is InChI=1S/C14H17BrN4/c1-9(2)13-12(15)14-17-8-6-11(19(14)18-13)10-5-3-4-7-16-10/h3-5,7,9,11,17H,6,8H2,1-2H3. The molecule has 1 N–H and O–H groups in total. The molecule has 19 heavy (non-hydrogen) atoms. The molecule has 0 saturated heterocycles. The molecule has 1 aliphatic rings. The Labute approximate surface area is 121 Å². The summed E-state index contributed by atoms with van der Waals surface area (Å²) in [6.45, 7) is 5.27. The predicted molar refractivity (Wildman–Crippen MR) is 79.5 cm³/mol. The van der Waals surface area contributed by atoms with Crippen molar-refractivity contribution in [3.05, 3.63) is 40.3 Å². The van der Waals surface area contributed by atoms with Crippen LogP contribution in [-0.4, -0.2) is 21.3 Å². The number of anilines is 1. The Bertz CT molecular complexity index is 577. The van der Waals surface area contributed by atoms with Crippen molar-refractivity contribution < 1.29 is 0 Å². The van der Waals surface area contributed by atoms with E-state index in [0.29, 0.717) is 5.92 Å². The summed E-state index contributed by atoms with van der Waals surface area (Å²) in [4.78, 5) is 4.48. The fourth-order valence-corrected chi connectivity index (χ4v) is 3.34. The van der Waals surface area contributed by atoms with Crippen LogP contribution in [0, 0.1) is 0 Å². The summed E-state index contributed by atoms with van der Waals surface area (Å²) in [5.74, 6) is 1.48. The zero-order chi connectivity index (χ0) is 13.4. The van der Waals surface area contributed by atoms with E-state index in [1.807, 2.05) is 18.3 Å². The second-order valence-corrected chi connectivity index (χ2v) is 5.93. The number of nitrogens with one attached hydrogen (secondary N) is 1. The molecule has 0 radical (unpaired) electrons. The first-order chi connectivity index (χ1) is 9.18. The lowest BCUT2D eigenvalue weighted by atomic mass is 10.1. The number of hydrogen-bond acceptors (Lipinski definition) is 3. The van der Waals surface area contributed by atoms with E-state index in [1.54, 1.807) is 0 Å². The maximum atomic E-state index is 4.77. The largest absolute Gasteiger partial charge is 0.369 e. The van der Waals surface area contributed by atoms with E-state index in [-0.39, 0.29) is 6.04 Å². The van der Waals surface area contributed by atoms with Crippen LogP contribution in [0.5, 0.6) is 0 Å². The molecule has 2 aromatic heterocycles. The van der Waals surface area contributed by atoms with Crippen LogP contribution in [-0.2, 0) is 0 Å². The molecular formula is C14H17BrN4. The van der Waals surface area contributed by atoms with Crippen molar-refractivity contribution in [3.8, 4) is 0 Å². The molecule has 0 amide bonds. The highest BCUT2D eigenvalue weighted by Gasteiger charge is 2.27. The molecule has 3 heterocycles. The van der Waals surface area contributed by atoms with Gasteiger partial charge in [-0.3, -0.25) is 4.98 Å². The van der Waals surface area contributed by atoms with Gasteiger partial charge in [-0.1, -0.05) is 19.9 Å². The molecular weight excluding hydrogens is 304 g/mol. The summed E-state index contributed by atoms with van der Waals surface area (Å²) in [5, 5.41) is 8.21. The second kappa shape index (κ2) is 4.96. The number of aromatic nitrogens is 3. The molecule has 1 aliphatic heterocycles. The van der Waals surface area contributed by atoms with E-state index in [2.05, 4.69) is 50.8 Å². The third-order valence-electron chi connectivity index (χ3n) is 3.46. The average Bonchev–Trinajstić information content (AvgIpc) is 2.78. The lowest BCUT2D eigenvalue weighted by molar-refractivity contribution is 0.466.